The van der Waals surface area contributed by atoms with Crippen molar-refractivity contribution in [1.82, 2.24) is 0 Å². The van der Waals surface area contributed by atoms with E-state index in [4.69, 9.17) is 4.74 Å². The number of carbonyl (C=O) groups is 1. The normalized spacial score (nSPS) is 9.79. The standard InChI is InChI=1S/C11H14O3/c1-2-3-7-14-10-6-4-5-9(8-10)11(12)13/h4-6,8H,2-3,7H2,1H3,(H,12,13)/p-1. The van der Waals surface area contributed by atoms with E-state index in [0.29, 0.717) is 12.4 Å². The van der Waals surface area contributed by atoms with Gasteiger partial charge in [0.05, 0.1) is 12.6 Å². The summed E-state index contributed by atoms with van der Waals surface area (Å²) in [5.41, 5.74) is 0.152. The number of carboxylic acids is 1. The molecule has 0 atom stereocenters. The quantitative estimate of drug-likeness (QED) is 0.661. The van der Waals surface area contributed by atoms with E-state index in [9.17, 15) is 9.90 Å². The van der Waals surface area contributed by atoms with Crippen molar-refractivity contribution in [2.45, 2.75) is 19.8 Å². The van der Waals surface area contributed by atoms with Gasteiger partial charge in [0.25, 0.3) is 0 Å². The van der Waals surface area contributed by atoms with Crippen LogP contribution >= 0.6 is 0 Å². The van der Waals surface area contributed by atoms with E-state index in [1.807, 2.05) is 0 Å². The number of unbranched alkanes of at least 4 members (excludes halogenated alkanes) is 1. The summed E-state index contributed by atoms with van der Waals surface area (Å²) in [6.07, 6.45) is 2.02. The van der Waals surface area contributed by atoms with Crippen molar-refractivity contribution in [3.05, 3.63) is 29.8 Å². The summed E-state index contributed by atoms with van der Waals surface area (Å²) < 4.78 is 5.35. The maximum Gasteiger partial charge on any atom is 0.119 e. The third-order valence-electron chi connectivity index (χ3n) is 1.84. The molecule has 0 heterocycles. The maximum atomic E-state index is 10.5. The van der Waals surface area contributed by atoms with Gasteiger partial charge in [-0.1, -0.05) is 25.5 Å². The molecule has 0 spiro atoms. The molecule has 0 bridgehead atoms. The van der Waals surface area contributed by atoms with E-state index >= 15 is 0 Å². The Hall–Kier alpha value is -1.51. The molecule has 0 unspecified atom stereocenters. The zero-order chi connectivity index (χ0) is 10.4. The molecule has 0 radical (unpaired) electrons. The van der Waals surface area contributed by atoms with Crippen LogP contribution in [0.3, 0.4) is 0 Å². The molecule has 0 saturated heterocycles. The van der Waals surface area contributed by atoms with Gasteiger partial charge in [-0.25, -0.2) is 0 Å². The Bertz CT molecular complexity index is 307. The molecule has 3 heteroatoms. The second-order valence-electron chi connectivity index (χ2n) is 3.02. The first-order chi connectivity index (χ1) is 6.74. The Labute approximate surface area is 83.3 Å². The maximum absolute atomic E-state index is 10.5. The Morgan fingerprint density at radius 2 is 2.29 bits per heavy atom. The number of hydrogen-bond donors (Lipinski definition) is 0. The minimum atomic E-state index is -1.18. The summed E-state index contributed by atoms with van der Waals surface area (Å²) in [4.78, 5) is 10.5. The number of hydrogen-bond acceptors (Lipinski definition) is 3. The Balaban J connectivity index is 2.59. The van der Waals surface area contributed by atoms with Crippen molar-refractivity contribution < 1.29 is 14.6 Å². The molecule has 1 rings (SSSR count). The van der Waals surface area contributed by atoms with Crippen LogP contribution in [-0.4, -0.2) is 12.6 Å². The van der Waals surface area contributed by atoms with E-state index in [-0.39, 0.29) is 5.56 Å². The first kappa shape index (κ1) is 10.6. The van der Waals surface area contributed by atoms with Crippen LogP contribution in [-0.2, 0) is 0 Å². The fraction of sp³-hybridized carbons (Fsp3) is 0.364. The molecule has 1 aromatic rings. The molecule has 1 aromatic carbocycles. The van der Waals surface area contributed by atoms with E-state index in [1.165, 1.54) is 12.1 Å². The van der Waals surface area contributed by atoms with Crippen molar-refractivity contribution >= 4 is 5.97 Å². The molecular weight excluding hydrogens is 180 g/mol. The molecule has 0 aliphatic rings. The Kier molecular flexibility index (Phi) is 3.98. The van der Waals surface area contributed by atoms with Gasteiger partial charge in [0.2, 0.25) is 0 Å². The minimum Gasteiger partial charge on any atom is -0.545 e. The average molecular weight is 193 g/mol. The highest BCUT2D eigenvalue weighted by Gasteiger charge is 1.96. The second kappa shape index (κ2) is 5.27. The van der Waals surface area contributed by atoms with Gasteiger partial charge < -0.3 is 14.6 Å². The van der Waals surface area contributed by atoms with Crippen LogP contribution < -0.4 is 9.84 Å². The van der Waals surface area contributed by atoms with Gasteiger partial charge in [-0.2, -0.15) is 0 Å². The first-order valence-electron chi connectivity index (χ1n) is 4.68. The lowest BCUT2D eigenvalue weighted by Gasteiger charge is -2.07. The molecule has 3 nitrogen and oxygen atoms in total. The fourth-order valence-electron chi connectivity index (χ4n) is 1.05. The third kappa shape index (κ3) is 3.09. The van der Waals surface area contributed by atoms with Crippen molar-refractivity contribution in [1.29, 1.82) is 0 Å². The van der Waals surface area contributed by atoms with Crippen LogP contribution in [0.1, 0.15) is 30.1 Å². The SMILES string of the molecule is CCCCOc1cccc(C(=O)[O-])c1. The highest BCUT2D eigenvalue weighted by Crippen LogP contribution is 2.13. The Morgan fingerprint density at radius 1 is 1.50 bits per heavy atom. The summed E-state index contributed by atoms with van der Waals surface area (Å²) >= 11 is 0. The number of rotatable bonds is 5. The summed E-state index contributed by atoms with van der Waals surface area (Å²) in [6, 6.07) is 6.35. The van der Waals surface area contributed by atoms with Crippen LogP contribution in [0.15, 0.2) is 24.3 Å². The number of ether oxygens (including phenoxy) is 1. The first-order valence-corrected chi connectivity index (χ1v) is 4.68. The van der Waals surface area contributed by atoms with Gasteiger partial charge in [-0.15, -0.1) is 0 Å². The average Bonchev–Trinajstić information content (AvgIpc) is 2.19. The molecule has 0 N–H and O–H groups in total. The topological polar surface area (TPSA) is 49.4 Å². The Morgan fingerprint density at radius 3 is 2.93 bits per heavy atom. The number of carboxylic acid groups (broad SMARTS) is 1. The van der Waals surface area contributed by atoms with Crippen LogP contribution in [0.2, 0.25) is 0 Å². The molecule has 0 aliphatic heterocycles. The lowest BCUT2D eigenvalue weighted by atomic mass is 10.2. The largest absolute Gasteiger partial charge is 0.545 e. The number of aromatic carboxylic acids is 1. The van der Waals surface area contributed by atoms with Crippen molar-refractivity contribution in [3.63, 3.8) is 0 Å². The lowest BCUT2D eigenvalue weighted by molar-refractivity contribution is -0.255. The fourth-order valence-corrected chi connectivity index (χ4v) is 1.05. The zero-order valence-corrected chi connectivity index (χ0v) is 8.16. The molecule has 0 fully saturated rings. The van der Waals surface area contributed by atoms with Crippen LogP contribution in [0.5, 0.6) is 5.75 Å². The molecular formula is C11H13O3-. The second-order valence-corrected chi connectivity index (χ2v) is 3.02. The van der Waals surface area contributed by atoms with Crippen molar-refractivity contribution in [2.75, 3.05) is 6.61 Å². The summed E-state index contributed by atoms with van der Waals surface area (Å²) in [6.45, 7) is 2.69. The highest BCUT2D eigenvalue weighted by molar-refractivity contribution is 5.86. The van der Waals surface area contributed by atoms with Gasteiger partial charge in [0, 0.05) is 5.56 Å². The smallest absolute Gasteiger partial charge is 0.119 e. The lowest BCUT2D eigenvalue weighted by Crippen LogP contribution is -2.22. The molecule has 0 saturated carbocycles. The third-order valence-corrected chi connectivity index (χ3v) is 1.84. The summed E-state index contributed by atoms with van der Waals surface area (Å²) in [5.74, 6) is -0.592. The predicted octanol–water partition coefficient (Wildman–Crippen LogP) is 1.23. The predicted molar refractivity (Wildman–Crippen MR) is 51.2 cm³/mol. The van der Waals surface area contributed by atoms with E-state index in [1.54, 1.807) is 12.1 Å². The summed E-state index contributed by atoms with van der Waals surface area (Å²) in [7, 11) is 0. The number of benzene rings is 1. The molecule has 0 amide bonds. The van der Waals surface area contributed by atoms with Gasteiger partial charge in [-0.3, -0.25) is 0 Å². The van der Waals surface area contributed by atoms with E-state index < -0.39 is 5.97 Å². The summed E-state index contributed by atoms with van der Waals surface area (Å²) in [5, 5.41) is 10.5. The van der Waals surface area contributed by atoms with Gasteiger partial charge >= 0.3 is 0 Å². The van der Waals surface area contributed by atoms with Crippen molar-refractivity contribution in [3.8, 4) is 5.75 Å². The highest BCUT2D eigenvalue weighted by atomic mass is 16.5. The zero-order valence-electron chi connectivity index (χ0n) is 8.16. The van der Waals surface area contributed by atoms with Gasteiger partial charge in [0.15, 0.2) is 0 Å². The molecule has 0 aliphatic carbocycles. The van der Waals surface area contributed by atoms with Crippen LogP contribution in [0.4, 0.5) is 0 Å². The van der Waals surface area contributed by atoms with E-state index in [2.05, 4.69) is 6.92 Å². The van der Waals surface area contributed by atoms with E-state index in [0.717, 1.165) is 12.8 Å². The van der Waals surface area contributed by atoms with Gasteiger partial charge in [-0.05, 0) is 18.6 Å². The number of carbonyl (C=O) groups excluding carboxylic acids is 1. The monoisotopic (exact) mass is 193 g/mol. The van der Waals surface area contributed by atoms with Gasteiger partial charge in [0.1, 0.15) is 5.75 Å². The van der Waals surface area contributed by atoms with Crippen LogP contribution in [0, 0.1) is 0 Å². The molecule has 0 aromatic heterocycles. The van der Waals surface area contributed by atoms with Crippen molar-refractivity contribution in [2.24, 2.45) is 0 Å². The molecule has 76 valence electrons. The van der Waals surface area contributed by atoms with Crippen LogP contribution in [0.25, 0.3) is 0 Å². The molecule has 14 heavy (non-hydrogen) atoms. The minimum absolute atomic E-state index is 0.152.